The summed E-state index contributed by atoms with van der Waals surface area (Å²) in [5.41, 5.74) is 2.39. The van der Waals surface area contributed by atoms with Crippen molar-refractivity contribution in [1.82, 2.24) is 0 Å². The fraction of sp³-hybridized carbons (Fsp3) is 0.364. The van der Waals surface area contributed by atoms with Gasteiger partial charge in [-0.1, -0.05) is 71.3 Å². The van der Waals surface area contributed by atoms with Crippen molar-refractivity contribution in [3.8, 4) is 0 Å². The lowest BCUT2D eigenvalue weighted by Gasteiger charge is -2.28. The highest BCUT2D eigenvalue weighted by Gasteiger charge is 2.42. The van der Waals surface area contributed by atoms with E-state index in [-0.39, 0.29) is 8.53 Å². The van der Waals surface area contributed by atoms with E-state index in [0.29, 0.717) is 0 Å². The third-order valence-corrected chi connectivity index (χ3v) is 11.6. The molecule has 0 bridgehead atoms. The first-order chi connectivity index (χ1) is 13.3. The van der Waals surface area contributed by atoms with Crippen LogP contribution in [0, 0.1) is 0 Å². The van der Waals surface area contributed by atoms with Gasteiger partial charge in [0.15, 0.2) is 8.53 Å². The summed E-state index contributed by atoms with van der Waals surface area (Å²) in [7, 11) is 3.60. The zero-order valence-corrected chi connectivity index (χ0v) is 20.2. The number of ether oxygens (including phenoxy) is 2. The van der Waals surface area contributed by atoms with Gasteiger partial charge in [0, 0.05) is 25.3 Å². The molecule has 0 saturated heterocycles. The van der Waals surface area contributed by atoms with Gasteiger partial charge in [-0.25, -0.2) is 0 Å². The predicted octanol–water partition coefficient (Wildman–Crippen LogP) is 7.82. The second-order valence-electron chi connectivity index (χ2n) is 6.93. The van der Waals surface area contributed by atoms with E-state index >= 15 is 0 Å². The van der Waals surface area contributed by atoms with E-state index in [4.69, 9.17) is 9.47 Å². The van der Waals surface area contributed by atoms with Crippen LogP contribution in [0.25, 0.3) is 10.8 Å². The van der Waals surface area contributed by atoms with E-state index in [1.54, 1.807) is 61.3 Å². The van der Waals surface area contributed by atoms with E-state index in [1.165, 1.54) is 41.5 Å². The van der Waals surface area contributed by atoms with Crippen molar-refractivity contribution in [1.29, 1.82) is 0 Å². The summed E-state index contributed by atoms with van der Waals surface area (Å²) in [6, 6.07) is 13.3. The fourth-order valence-corrected chi connectivity index (χ4v) is 9.23. The van der Waals surface area contributed by atoms with Crippen LogP contribution in [-0.4, -0.2) is 14.2 Å². The number of rotatable bonds is 4. The van der Waals surface area contributed by atoms with E-state index in [1.807, 2.05) is 0 Å². The Balaban J connectivity index is 1.71. The molecule has 2 nitrogen and oxygen atoms in total. The molecule has 0 saturated carbocycles. The third kappa shape index (κ3) is 3.36. The van der Waals surface area contributed by atoms with Crippen LogP contribution in [0.5, 0.6) is 0 Å². The Labute approximate surface area is 184 Å². The Morgan fingerprint density at radius 1 is 0.571 bits per heavy atom. The molecule has 28 heavy (non-hydrogen) atoms. The Bertz CT molecular complexity index is 900. The van der Waals surface area contributed by atoms with Crippen molar-refractivity contribution in [3.63, 3.8) is 0 Å². The molecule has 148 valence electrons. The second-order valence-corrected chi connectivity index (χ2v) is 13.0. The lowest BCUT2D eigenvalue weighted by Crippen LogP contribution is -2.18. The minimum absolute atomic E-state index is 0.385. The Hall–Kier alpha value is -0.500. The molecule has 2 aliphatic rings. The van der Waals surface area contributed by atoms with Crippen molar-refractivity contribution < 1.29 is 9.47 Å². The largest absolute Gasteiger partial charge is 0.353 e. The van der Waals surface area contributed by atoms with Crippen LogP contribution in [0.1, 0.15) is 38.8 Å². The summed E-state index contributed by atoms with van der Waals surface area (Å²) in [6.45, 7) is 8.67. The maximum atomic E-state index is 5.99. The summed E-state index contributed by atoms with van der Waals surface area (Å²) in [5.74, 6) is 0. The molecule has 0 radical (unpaired) electrons. The van der Waals surface area contributed by atoms with Crippen LogP contribution >= 0.6 is 47.0 Å². The van der Waals surface area contributed by atoms with Gasteiger partial charge in [-0.05, 0) is 70.2 Å². The van der Waals surface area contributed by atoms with Crippen LogP contribution in [0.4, 0.5) is 0 Å². The minimum Gasteiger partial charge on any atom is -0.353 e. The molecule has 0 spiro atoms. The van der Waals surface area contributed by atoms with Crippen LogP contribution in [0.3, 0.4) is 0 Å². The monoisotopic (exact) mass is 448 g/mol. The highest BCUT2D eigenvalue weighted by Crippen LogP contribution is 2.61. The summed E-state index contributed by atoms with van der Waals surface area (Å²) in [6.07, 6.45) is 0. The molecular formula is C22H24O2S4. The van der Waals surface area contributed by atoms with Gasteiger partial charge >= 0.3 is 0 Å². The summed E-state index contributed by atoms with van der Waals surface area (Å²) < 4.78 is 11.2. The molecule has 6 heteroatoms. The Morgan fingerprint density at radius 2 is 0.893 bits per heavy atom. The van der Waals surface area contributed by atoms with Gasteiger partial charge in [-0.15, -0.1) is 0 Å². The number of allylic oxidation sites excluding steroid dienone is 4. The predicted molar refractivity (Wildman–Crippen MR) is 128 cm³/mol. The highest BCUT2D eigenvalue weighted by atomic mass is 32.2. The van der Waals surface area contributed by atoms with E-state index in [9.17, 15) is 0 Å². The lowest BCUT2D eigenvalue weighted by atomic mass is 10.0. The molecule has 2 aliphatic heterocycles. The van der Waals surface area contributed by atoms with Crippen LogP contribution in [0.15, 0.2) is 56.0 Å². The van der Waals surface area contributed by atoms with Gasteiger partial charge in [0.1, 0.15) is 0 Å². The zero-order valence-electron chi connectivity index (χ0n) is 16.9. The van der Waals surface area contributed by atoms with Gasteiger partial charge in [0.2, 0.25) is 0 Å². The van der Waals surface area contributed by atoms with Crippen LogP contribution in [-0.2, 0) is 18.0 Å². The van der Waals surface area contributed by atoms with Crippen molar-refractivity contribution >= 4 is 57.8 Å². The van der Waals surface area contributed by atoms with Gasteiger partial charge in [-0.3, -0.25) is 0 Å². The molecule has 0 amide bonds. The third-order valence-electron chi connectivity index (χ3n) is 5.23. The van der Waals surface area contributed by atoms with Crippen LogP contribution in [0.2, 0.25) is 0 Å². The first kappa shape index (κ1) is 20.8. The zero-order chi connectivity index (χ0) is 20.1. The number of hydrogen-bond donors (Lipinski definition) is 0. The van der Waals surface area contributed by atoms with Gasteiger partial charge in [0.25, 0.3) is 0 Å². The summed E-state index contributed by atoms with van der Waals surface area (Å²) >= 11 is 7.19. The molecule has 0 unspecified atom stereocenters. The fourth-order valence-electron chi connectivity index (χ4n) is 3.40. The smallest absolute Gasteiger partial charge is 0.194 e. The standard InChI is InChI=1S/C22H24O2S4/c1-13-14(2)26-21(23-5,25-13)19-9-7-18-12-20(10-8-17(18)11-19)22(24-6)27-15(3)16(4)28-22/h7-12H,1-6H3. The molecule has 2 aromatic rings. The molecule has 0 N–H and O–H groups in total. The van der Waals surface area contributed by atoms with Crippen LogP contribution < -0.4 is 0 Å². The molecule has 4 rings (SSSR count). The van der Waals surface area contributed by atoms with E-state index < -0.39 is 0 Å². The van der Waals surface area contributed by atoms with Crippen molar-refractivity contribution in [3.05, 3.63) is 67.1 Å². The minimum atomic E-state index is -0.385. The molecule has 0 fully saturated rings. The Morgan fingerprint density at radius 3 is 1.18 bits per heavy atom. The Kier molecular flexibility index (Phi) is 5.66. The number of fused-ring (bicyclic) bond motifs is 1. The number of thioether (sulfide) groups is 4. The topological polar surface area (TPSA) is 18.5 Å². The van der Waals surface area contributed by atoms with Crippen molar-refractivity contribution in [2.24, 2.45) is 0 Å². The normalized spacial score (nSPS) is 21.2. The van der Waals surface area contributed by atoms with Crippen molar-refractivity contribution in [2.75, 3.05) is 14.2 Å². The highest BCUT2D eigenvalue weighted by molar-refractivity contribution is 8.24. The maximum Gasteiger partial charge on any atom is 0.194 e. The molecule has 0 aromatic heterocycles. The average Bonchev–Trinajstić information content (AvgIpc) is 3.17. The van der Waals surface area contributed by atoms with Gasteiger partial charge in [-0.2, -0.15) is 0 Å². The molecule has 0 aliphatic carbocycles. The van der Waals surface area contributed by atoms with Gasteiger partial charge in [0.05, 0.1) is 0 Å². The maximum absolute atomic E-state index is 5.99. The molecule has 2 heterocycles. The van der Waals surface area contributed by atoms with E-state index in [0.717, 1.165) is 0 Å². The molecular weight excluding hydrogens is 425 g/mol. The quantitative estimate of drug-likeness (QED) is 0.471. The average molecular weight is 449 g/mol. The summed E-state index contributed by atoms with van der Waals surface area (Å²) in [5, 5.41) is 2.45. The SMILES string of the molecule is COC1(c2ccc3cc(C4(OC)SC(C)=C(C)S4)ccc3c2)SC(C)=C(C)S1. The van der Waals surface area contributed by atoms with Crippen molar-refractivity contribution in [2.45, 2.75) is 36.2 Å². The number of methoxy groups -OCH3 is 2. The first-order valence-electron chi connectivity index (χ1n) is 9.08. The number of hydrogen-bond acceptors (Lipinski definition) is 6. The van der Waals surface area contributed by atoms with Gasteiger partial charge < -0.3 is 9.47 Å². The summed E-state index contributed by atoms with van der Waals surface area (Å²) in [4.78, 5) is 5.33. The molecule has 0 atom stereocenters. The molecule has 2 aromatic carbocycles. The lowest BCUT2D eigenvalue weighted by molar-refractivity contribution is 0.148. The number of benzene rings is 2. The van der Waals surface area contributed by atoms with E-state index in [2.05, 4.69) is 64.1 Å². The second kappa shape index (κ2) is 7.64. The first-order valence-corrected chi connectivity index (χ1v) is 12.3.